The molecule has 0 saturated heterocycles. The molecule has 1 amide bonds. The molecule has 0 aliphatic rings. The lowest BCUT2D eigenvalue weighted by molar-refractivity contribution is 0.0953. The van der Waals surface area contributed by atoms with Crippen molar-refractivity contribution in [2.75, 3.05) is 6.54 Å². The van der Waals surface area contributed by atoms with Crippen molar-refractivity contribution >= 4 is 15.9 Å². The van der Waals surface area contributed by atoms with Gasteiger partial charge >= 0.3 is 0 Å². The number of hydrogen-bond acceptors (Lipinski definition) is 3. The minimum absolute atomic E-state index is 0.144. The van der Waals surface area contributed by atoms with E-state index in [1.807, 2.05) is 31.2 Å². The van der Waals surface area contributed by atoms with Crippen LogP contribution < -0.4 is 10.0 Å². The van der Waals surface area contributed by atoms with Crippen LogP contribution in [0.25, 0.3) is 0 Å². The van der Waals surface area contributed by atoms with E-state index in [9.17, 15) is 13.2 Å². The predicted molar refractivity (Wildman–Crippen MR) is 98.9 cm³/mol. The monoisotopic (exact) mass is 360 g/mol. The molecule has 0 heterocycles. The van der Waals surface area contributed by atoms with Gasteiger partial charge < -0.3 is 5.32 Å². The van der Waals surface area contributed by atoms with Gasteiger partial charge in [0.15, 0.2) is 0 Å². The maximum absolute atomic E-state index is 12.4. The molecule has 0 saturated carbocycles. The van der Waals surface area contributed by atoms with E-state index in [4.69, 9.17) is 0 Å². The summed E-state index contributed by atoms with van der Waals surface area (Å²) in [6.07, 6.45) is 1.92. The smallest absolute Gasteiger partial charge is 0.251 e. The molecule has 0 spiro atoms. The van der Waals surface area contributed by atoms with Crippen LogP contribution in [-0.2, 0) is 16.6 Å². The number of nitrogens with one attached hydrogen (secondary N) is 2. The third-order valence-corrected chi connectivity index (χ3v) is 5.21. The predicted octanol–water partition coefficient (Wildman–Crippen LogP) is 3.00. The summed E-state index contributed by atoms with van der Waals surface area (Å²) < 4.78 is 27.3. The fourth-order valence-corrected chi connectivity index (χ4v) is 3.37. The quantitative estimate of drug-likeness (QED) is 0.711. The third kappa shape index (κ3) is 5.69. The molecule has 25 heavy (non-hydrogen) atoms. The first-order valence-electron chi connectivity index (χ1n) is 8.36. The number of hydrogen-bond donors (Lipinski definition) is 2. The molecule has 2 aromatic rings. The molecule has 0 unspecified atom stereocenters. The summed E-state index contributed by atoms with van der Waals surface area (Å²) in [5.41, 5.74) is 2.43. The molecule has 0 fully saturated rings. The van der Waals surface area contributed by atoms with Crippen molar-refractivity contribution in [3.63, 3.8) is 0 Å². The van der Waals surface area contributed by atoms with Gasteiger partial charge in [0.1, 0.15) is 0 Å². The number of amides is 1. The number of unbranched alkanes of at least 4 members (excludes halogenated alkanes) is 1. The summed E-state index contributed by atoms with van der Waals surface area (Å²) >= 11 is 0. The van der Waals surface area contributed by atoms with E-state index in [1.54, 1.807) is 0 Å². The van der Waals surface area contributed by atoms with Crippen molar-refractivity contribution < 1.29 is 13.2 Å². The van der Waals surface area contributed by atoms with Gasteiger partial charge in [-0.3, -0.25) is 4.79 Å². The Kier molecular flexibility index (Phi) is 6.73. The van der Waals surface area contributed by atoms with E-state index in [0.717, 1.165) is 24.0 Å². The van der Waals surface area contributed by atoms with Crippen LogP contribution in [0.4, 0.5) is 0 Å². The zero-order chi connectivity index (χ0) is 18.3. The molecule has 0 aliphatic heterocycles. The second kappa shape index (κ2) is 8.78. The number of rotatable bonds is 8. The normalized spacial score (nSPS) is 11.3. The molecule has 2 aromatic carbocycles. The number of carbonyl (C=O) groups is 1. The summed E-state index contributed by atoms with van der Waals surface area (Å²) in [6, 6.07) is 13.6. The van der Waals surface area contributed by atoms with Crippen LogP contribution in [0.5, 0.6) is 0 Å². The maximum atomic E-state index is 12.4. The van der Waals surface area contributed by atoms with Gasteiger partial charge in [-0.2, -0.15) is 0 Å². The molecule has 0 radical (unpaired) electrons. The fourth-order valence-electron chi connectivity index (χ4n) is 2.35. The van der Waals surface area contributed by atoms with Crippen molar-refractivity contribution in [3.8, 4) is 0 Å². The van der Waals surface area contributed by atoms with Crippen LogP contribution in [0.2, 0.25) is 0 Å². The highest BCUT2D eigenvalue weighted by molar-refractivity contribution is 7.89. The van der Waals surface area contributed by atoms with E-state index >= 15 is 0 Å². The Hall–Kier alpha value is -2.18. The zero-order valence-corrected chi connectivity index (χ0v) is 15.4. The molecule has 2 rings (SSSR count). The van der Waals surface area contributed by atoms with Gasteiger partial charge in [-0.15, -0.1) is 0 Å². The largest absolute Gasteiger partial charge is 0.352 e. The molecule has 2 N–H and O–H groups in total. The van der Waals surface area contributed by atoms with Crippen molar-refractivity contribution in [2.45, 2.75) is 38.1 Å². The van der Waals surface area contributed by atoms with Gasteiger partial charge in [0.05, 0.1) is 4.90 Å². The third-order valence-electron chi connectivity index (χ3n) is 3.79. The summed E-state index contributed by atoms with van der Waals surface area (Å²) in [5.74, 6) is -0.190. The molecule has 0 aromatic heterocycles. The Bertz CT molecular complexity index is 815. The van der Waals surface area contributed by atoms with Crippen molar-refractivity contribution in [3.05, 3.63) is 65.2 Å². The molecule has 0 bridgehead atoms. The molecular weight excluding hydrogens is 336 g/mol. The van der Waals surface area contributed by atoms with E-state index in [-0.39, 0.29) is 17.3 Å². The maximum Gasteiger partial charge on any atom is 0.251 e. The highest BCUT2D eigenvalue weighted by atomic mass is 32.2. The molecule has 134 valence electrons. The summed E-state index contributed by atoms with van der Waals surface area (Å²) in [4.78, 5) is 12.1. The van der Waals surface area contributed by atoms with E-state index in [1.165, 1.54) is 24.3 Å². The zero-order valence-electron chi connectivity index (χ0n) is 14.6. The van der Waals surface area contributed by atoms with Crippen LogP contribution in [0.15, 0.2) is 53.4 Å². The lowest BCUT2D eigenvalue weighted by atomic mass is 10.1. The lowest BCUT2D eigenvalue weighted by Crippen LogP contribution is -2.25. The highest BCUT2D eigenvalue weighted by Gasteiger charge is 2.14. The number of aryl methyl sites for hydroxylation is 1. The summed E-state index contributed by atoms with van der Waals surface area (Å²) in [6.45, 7) is 4.86. The summed E-state index contributed by atoms with van der Waals surface area (Å²) in [7, 11) is -3.62. The second-order valence-corrected chi connectivity index (χ2v) is 7.71. The van der Waals surface area contributed by atoms with Gasteiger partial charge in [-0.25, -0.2) is 13.1 Å². The Morgan fingerprint density at radius 3 is 2.44 bits per heavy atom. The summed E-state index contributed by atoms with van der Waals surface area (Å²) in [5, 5.41) is 2.81. The van der Waals surface area contributed by atoms with Crippen molar-refractivity contribution in [2.24, 2.45) is 0 Å². The van der Waals surface area contributed by atoms with Gasteiger partial charge in [-0.1, -0.05) is 43.2 Å². The van der Waals surface area contributed by atoms with Crippen LogP contribution in [0, 0.1) is 6.92 Å². The average Bonchev–Trinajstić information content (AvgIpc) is 2.60. The Morgan fingerprint density at radius 1 is 1.08 bits per heavy atom. The van der Waals surface area contributed by atoms with E-state index in [0.29, 0.717) is 12.1 Å². The lowest BCUT2D eigenvalue weighted by Gasteiger charge is -2.09. The van der Waals surface area contributed by atoms with E-state index < -0.39 is 10.0 Å². The number of carbonyl (C=O) groups excluding carboxylic acids is 1. The van der Waals surface area contributed by atoms with Crippen LogP contribution in [-0.4, -0.2) is 20.9 Å². The molecule has 5 nitrogen and oxygen atoms in total. The van der Waals surface area contributed by atoms with E-state index in [2.05, 4.69) is 17.0 Å². The van der Waals surface area contributed by atoms with Gasteiger partial charge in [0.2, 0.25) is 10.0 Å². The Labute approximate surface area is 149 Å². The van der Waals surface area contributed by atoms with Gasteiger partial charge in [0.25, 0.3) is 5.91 Å². The van der Waals surface area contributed by atoms with Crippen LogP contribution in [0.3, 0.4) is 0 Å². The topological polar surface area (TPSA) is 75.3 Å². The van der Waals surface area contributed by atoms with Crippen LogP contribution >= 0.6 is 0 Å². The minimum atomic E-state index is -3.62. The average molecular weight is 360 g/mol. The second-order valence-electron chi connectivity index (χ2n) is 5.95. The highest BCUT2D eigenvalue weighted by Crippen LogP contribution is 2.12. The van der Waals surface area contributed by atoms with Crippen molar-refractivity contribution in [1.82, 2.24) is 10.0 Å². The van der Waals surface area contributed by atoms with Crippen molar-refractivity contribution in [1.29, 1.82) is 0 Å². The molecule has 0 atom stereocenters. The first-order valence-corrected chi connectivity index (χ1v) is 9.84. The Morgan fingerprint density at radius 2 is 1.80 bits per heavy atom. The SMILES string of the molecule is CCCCNC(=O)c1ccc(S(=O)(=O)NCc2cccc(C)c2)cc1. The first-order chi connectivity index (χ1) is 11.9. The number of benzene rings is 2. The first kappa shape index (κ1) is 19.1. The Balaban J connectivity index is 2.01. The molecule has 0 aliphatic carbocycles. The van der Waals surface area contributed by atoms with Crippen LogP contribution in [0.1, 0.15) is 41.3 Å². The van der Waals surface area contributed by atoms with Gasteiger partial charge in [0, 0.05) is 18.7 Å². The number of sulfonamides is 1. The molecular formula is C19H24N2O3S. The molecule has 6 heteroatoms. The fraction of sp³-hybridized carbons (Fsp3) is 0.316. The van der Waals surface area contributed by atoms with Gasteiger partial charge in [-0.05, 0) is 43.2 Å². The standard InChI is InChI=1S/C19H24N2O3S/c1-3-4-12-20-19(22)17-8-10-18(11-9-17)25(23,24)21-14-16-7-5-6-15(2)13-16/h5-11,13,21H,3-4,12,14H2,1-2H3,(H,20,22). The minimum Gasteiger partial charge on any atom is -0.352 e.